The van der Waals surface area contributed by atoms with Gasteiger partial charge in [0.1, 0.15) is 23.3 Å². The molecule has 0 unspecified atom stereocenters. The molecule has 11 nitrogen and oxygen atoms in total. The summed E-state index contributed by atoms with van der Waals surface area (Å²) in [7, 11) is 0. The first-order chi connectivity index (χ1) is 16.4. The summed E-state index contributed by atoms with van der Waals surface area (Å²) in [6.45, 7) is 11.4. The molecule has 0 saturated carbocycles. The van der Waals surface area contributed by atoms with Crippen LogP contribution in [0.2, 0.25) is 0 Å². The molecular weight excluding hydrogens is 432 g/mol. The summed E-state index contributed by atoms with van der Waals surface area (Å²) in [6, 6.07) is 0. The predicted octanol–water partition coefficient (Wildman–Crippen LogP) is 1.60. The minimum atomic E-state index is -0.569. The van der Waals surface area contributed by atoms with E-state index in [-0.39, 0.29) is 0 Å². The molecule has 4 aromatic rings. The van der Waals surface area contributed by atoms with Gasteiger partial charge in [0.15, 0.2) is 0 Å². The van der Waals surface area contributed by atoms with Gasteiger partial charge in [-0.2, -0.15) is 0 Å². The Hall–Kier alpha value is -3.28. The number of nitrogens with zero attached hydrogens (tertiary/aromatic N) is 10. The van der Waals surface area contributed by atoms with Gasteiger partial charge in [-0.3, -0.25) is 9.80 Å². The van der Waals surface area contributed by atoms with Crippen LogP contribution in [-0.2, 0) is 26.7 Å². The Morgan fingerprint density at radius 3 is 1.06 bits per heavy atom. The molecule has 0 aromatic carbocycles. The van der Waals surface area contributed by atoms with Gasteiger partial charge in [0.05, 0.1) is 32.8 Å². The fraction of sp³-hybridized carbons (Fsp3) is 0.478. The van der Waals surface area contributed by atoms with E-state index >= 15 is 0 Å². The number of hydrogen-bond donors (Lipinski definition) is 1. The third-order valence-electron chi connectivity index (χ3n) is 6.04. The third-order valence-corrected chi connectivity index (χ3v) is 6.04. The molecule has 4 rings (SSSR count). The van der Waals surface area contributed by atoms with Crippen LogP contribution in [0.15, 0.2) is 49.6 Å². The lowest BCUT2D eigenvalue weighted by molar-refractivity contribution is 0.0299. The molecule has 4 heterocycles. The quantitative estimate of drug-likeness (QED) is 0.339. The molecule has 0 fully saturated rings. The van der Waals surface area contributed by atoms with Gasteiger partial charge in [0.2, 0.25) is 0 Å². The van der Waals surface area contributed by atoms with Gasteiger partial charge in [0.25, 0.3) is 0 Å². The highest BCUT2D eigenvalue weighted by molar-refractivity contribution is 4.92. The van der Waals surface area contributed by atoms with Crippen molar-refractivity contribution in [1.82, 2.24) is 48.0 Å². The monoisotopic (exact) mass is 466 g/mol. The van der Waals surface area contributed by atoms with Gasteiger partial charge in [-0.05, 0) is 27.7 Å². The second kappa shape index (κ2) is 10.8. The standard InChI is InChI=1S/C23H34N10O/c1-19-24-5-9-30(19)15-28(16-31-10-6-25-20(31)2)13-23(34)14-29(17-32-11-7-26-21(32)3)18-33-12-8-27-22(33)4/h5-12,23,34H,13-18H2,1-4H3. The number of imidazole rings is 4. The molecule has 1 N–H and O–H groups in total. The molecule has 182 valence electrons. The first kappa shape index (κ1) is 23.9. The van der Waals surface area contributed by atoms with Crippen molar-refractivity contribution in [3.63, 3.8) is 0 Å². The molecule has 34 heavy (non-hydrogen) atoms. The lowest BCUT2D eigenvalue weighted by Gasteiger charge is -2.30. The summed E-state index contributed by atoms with van der Waals surface area (Å²) in [5, 5.41) is 11.2. The fourth-order valence-electron chi connectivity index (χ4n) is 4.05. The number of aryl methyl sites for hydroxylation is 4. The molecule has 4 aromatic heterocycles. The maximum absolute atomic E-state index is 11.2. The van der Waals surface area contributed by atoms with Crippen LogP contribution in [0.5, 0.6) is 0 Å². The first-order valence-electron chi connectivity index (χ1n) is 11.4. The van der Waals surface area contributed by atoms with E-state index in [0.29, 0.717) is 39.8 Å². The largest absolute Gasteiger partial charge is 0.390 e. The predicted molar refractivity (Wildman–Crippen MR) is 127 cm³/mol. The number of aromatic nitrogens is 8. The molecule has 0 spiro atoms. The van der Waals surface area contributed by atoms with Crippen LogP contribution >= 0.6 is 0 Å². The summed E-state index contributed by atoms with van der Waals surface area (Å²) in [5.41, 5.74) is 0. The summed E-state index contributed by atoms with van der Waals surface area (Å²) >= 11 is 0. The van der Waals surface area contributed by atoms with Gasteiger partial charge in [-0.15, -0.1) is 0 Å². The molecular formula is C23H34N10O. The summed E-state index contributed by atoms with van der Waals surface area (Å²) in [6.07, 6.45) is 14.5. The van der Waals surface area contributed by atoms with E-state index < -0.39 is 6.10 Å². The number of hydrogen-bond acceptors (Lipinski definition) is 7. The minimum Gasteiger partial charge on any atom is -0.390 e. The van der Waals surface area contributed by atoms with Gasteiger partial charge in [0, 0.05) is 62.7 Å². The van der Waals surface area contributed by atoms with Gasteiger partial charge >= 0.3 is 0 Å². The van der Waals surface area contributed by atoms with Crippen molar-refractivity contribution in [3.05, 3.63) is 72.9 Å². The SMILES string of the molecule is Cc1nccn1CN(CC(O)CN(Cn1ccnc1C)Cn1ccnc1C)Cn1ccnc1C. The van der Waals surface area contributed by atoms with Crippen LogP contribution in [0.4, 0.5) is 0 Å². The molecule has 0 amide bonds. The van der Waals surface area contributed by atoms with E-state index in [1.807, 2.05) is 52.5 Å². The van der Waals surface area contributed by atoms with E-state index in [2.05, 4.69) is 48.0 Å². The van der Waals surface area contributed by atoms with Crippen molar-refractivity contribution >= 4 is 0 Å². The molecule has 0 aliphatic carbocycles. The third kappa shape index (κ3) is 5.99. The van der Waals surface area contributed by atoms with Crippen molar-refractivity contribution in [2.45, 2.75) is 60.5 Å². The van der Waals surface area contributed by atoms with Crippen molar-refractivity contribution in [3.8, 4) is 0 Å². The van der Waals surface area contributed by atoms with E-state index in [0.717, 1.165) is 23.3 Å². The van der Waals surface area contributed by atoms with Crippen LogP contribution in [0.25, 0.3) is 0 Å². The van der Waals surface area contributed by atoms with E-state index in [1.165, 1.54) is 0 Å². The van der Waals surface area contributed by atoms with Crippen LogP contribution in [-0.4, -0.2) is 72.3 Å². The minimum absolute atomic E-state index is 0.498. The highest BCUT2D eigenvalue weighted by atomic mass is 16.3. The highest BCUT2D eigenvalue weighted by Gasteiger charge is 2.19. The molecule has 0 aliphatic heterocycles. The average Bonchev–Trinajstić information content (AvgIpc) is 3.57. The summed E-state index contributed by atoms with van der Waals surface area (Å²) in [4.78, 5) is 21.8. The van der Waals surface area contributed by atoms with Crippen molar-refractivity contribution in [1.29, 1.82) is 0 Å². The normalized spacial score (nSPS) is 12.0. The zero-order chi connectivity index (χ0) is 24.1. The van der Waals surface area contributed by atoms with Gasteiger partial charge in [-0.25, -0.2) is 19.9 Å². The first-order valence-corrected chi connectivity index (χ1v) is 11.4. The van der Waals surface area contributed by atoms with Crippen LogP contribution in [0.1, 0.15) is 23.3 Å². The zero-order valence-electron chi connectivity index (χ0n) is 20.4. The number of aliphatic hydroxyl groups is 1. The van der Waals surface area contributed by atoms with E-state index in [4.69, 9.17) is 0 Å². The maximum Gasteiger partial charge on any atom is 0.106 e. The molecule has 0 radical (unpaired) electrons. The van der Waals surface area contributed by atoms with Crippen LogP contribution in [0, 0.1) is 27.7 Å². The summed E-state index contributed by atoms with van der Waals surface area (Å²) in [5.74, 6) is 3.76. The second-order valence-electron chi connectivity index (χ2n) is 8.70. The Morgan fingerprint density at radius 1 is 0.588 bits per heavy atom. The second-order valence-corrected chi connectivity index (χ2v) is 8.70. The smallest absolute Gasteiger partial charge is 0.106 e. The highest BCUT2D eigenvalue weighted by Crippen LogP contribution is 2.09. The van der Waals surface area contributed by atoms with Crippen molar-refractivity contribution in [2.24, 2.45) is 0 Å². The van der Waals surface area contributed by atoms with E-state index in [1.54, 1.807) is 24.8 Å². The van der Waals surface area contributed by atoms with Gasteiger partial charge < -0.3 is 23.4 Å². The maximum atomic E-state index is 11.2. The molecule has 0 saturated heterocycles. The lowest BCUT2D eigenvalue weighted by atomic mass is 10.3. The molecule has 11 heteroatoms. The number of aliphatic hydroxyl groups excluding tert-OH is 1. The van der Waals surface area contributed by atoms with Gasteiger partial charge in [-0.1, -0.05) is 0 Å². The number of rotatable bonds is 12. The van der Waals surface area contributed by atoms with Crippen LogP contribution in [0.3, 0.4) is 0 Å². The Balaban J connectivity index is 1.47. The van der Waals surface area contributed by atoms with E-state index in [9.17, 15) is 5.11 Å². The lowest BCUT2D eigenvalue weighted by Crippen LogP contribution is -2.42. The Kier molecular flexibility index (Phi) is 7.56. The van der Waals surface area contributed by atoms with Crippen LogP contribution < -0.4 is 0 Å². The topological polar surface area (TPSA) is 98.0 Å². The molecule has 0 bridgehead atoms. The van der Waals surface area contributed by atoms with Crippen molar-refractivity contribution in [2.75, 3.05) is 13.1 Å². The summed E-state index contributed by atoms with van der Waals surface area (Å²) < 4.78 is 8.34. The van der Waals surface area contributed by atoms with Crippen molar-refractivity contribution < 1.29 is 5.11 Å². The zero-order valence-corrected chi connectivity index (χ0v) is 20.4. The molecule has 0 atom stereocenters. The molecule has 0 aliphatic rings. The average molecular weight is 467 g/mol. The Morgan fingerprint density at radius 2 is 0.853 bits per heavy atom. The Labute approximate surface area is 199 Å². The fourth-order valence-corrected chi connectivity index (χ4v) is 4.05. The Bertz CT molecular complexity index is 997.